The lowest BCUT2D eigenvalue weighted by atomic mass is 9.95. The Bertz CT molecular complexity index is 1190. The Labute approximate surface area is 207 Å². The minimum absolute atomic E-state index is 0.0584. The molecular weight excluding hydrogens is 471 g/mol. The Morgan fingerprint density at radius 3 is 2.50 bits per heavy atom. The number of rotatable bonds is 11. The SMILES string of the molecule is CCCC(C)n1cc(C(=O)NC(CCC(=O)O)C(=O)O)c(=O)c2cc(F)c(NC3CCCCC3)nc21. The zero-order valence-corrected chi connectivity index (χ0v) is 20.6. The molecule has 2 atom stereocenters. The van der Waals surface area contributed by atoms with Gasteiger partial charge >= 0.3 is 11.9 Å². The first-order chi connectivity index (χ1) is 17.1. The third-order valence-electron chi connectivity index (χ3n) is 6.58. The van der Waals surface area contributed by atoms with E-state index in [9.17, 15) is 24.3 Å². The summed E-state index contributed by atoms with van der Waals surface area (Å²) in [6.45, 7) is 3.87. The summed E-state index contributed by atoms with van der Waals surface area (Å²) in [5.74, 6) is -4.25. The van der Waals surface area contributed by atoms with Crippen molar-refractivity contribution in [2.75, 3.05) is 5.32 Å². The van der Waals surface area contributed by atoms with E-state index in [0.717, 1.165) is 44.6 Å². The van der Waals surface area contributed by atoms with Crippen molar-refractivity contribution in [2.45, 2.75) is 89.8 Å². The van der Waals surface area contributed by atoms with Crippen LogP contribution in [0.15, 0.2) is 17.1 Å². The highest BCUT2D eigenvalue weighted by atomic mass is 19.1. The number of carboxylic acid groups (broad SMARTS) is 2. The number of nitrogens with one attached hydrogen (secondary N) is 2. The number of aromatic nitrogens is 2. The largest absolute Gasteiger partial charge is 0.481 e. The number of carbonyl (C=O) groups excluding carboxylic acids is 1. The van der Waals surface area contributed by atoms with Gasteiger partial charge in [0.2, 0.25) is 5.43 Å². The van der Waals surface area contributed by atoms with E-state index in [2.05, 4.69) is 15.6 Å². The molecule has 0 spiro atoms. The Morgan fingerprint density at radius 2 is 1.89 bits per heavy atom. The van der Waals surface area contributed by atoms with Crippen molar-refractivity contribution < 1.29 is 29.0 Å². The molecule has 11 heteroatoms. The van der Waals surface area contributed by atoms with Crippen molar-refractivity contribution in [1.29, 1.82) is 0 Å². The van der Waals surface area contributed by atoms with E-state index in [1.165, 1.54) is 6.20 Å². The average molecular weight is 505 g/mol. The Kier molecular flexibility index (Phi) is 9.00. The molecule has 2 aromatic rings. The lowest BCUT2D eigenvalue weighted by Crippen LogP contribution is -2.43. The number of hydrogen-bond donors (Lipinski definition) is 4. The third-order valence-corrected chi connectivity index (χ3v) is 6.58. The molecule has 2 aromatic heterocycles. The van der Waals surface area contributed by atoms with Gasteiger partial charge in [-0.1, -0.05) is 32.6 Å². The molecule has 1 fully saturated rings. The molecule has 1 saturated carbocycles. The lowest BCUT2D eigenvalue weighted by molar-refractivity contribution is -0.140. The molecular formula is C25H33FN4O6. The van der Waals surface area contributed by atoms with Crippen LogP contribution in [0.25, 0.3) is 11.0 Å². The zero-order chi connectivity index (χ0) is 26.4. The first kappa shape index (κ1) is 27.1. The molecule has 10 nitrogen and oxygen atoms in total. The molecule has 2 heterocycles. The van der Waals surface area contributed by atoms with Crippen molar-refractivity contribution >= 4 is 34.7 Å². The van der Waals surface area contributed by atoms with Gasteiger partial charge in [0.1, 0.15) is 17.3 Å². The molecule has 4 N–H and O–H groups in total. The van der Waals surface area contributed by atoms with Gasteiger partial charge in [-0.2, -0.15) is 0 Å². The second-order valence-corrected chi connectivity index (χ2v) is 9.38. The van der Waals surface area contributed by atoms with Crippen molar-refractivity contribution in [2.24, 2.45) is 0 Å². The van der Waals surface area contributed by atoms with E-state index in [1.807, 2.05) is 13.8 Å². The summed E-state index contributed by atoms with van der Waals surface area (Å²) in [6.07, 6.45) is 7.06. The smallest absolute Gasteiger partial charge is 0.326 e. The van der Waals surface area contributed by atoms with Crippen LogP contribution >= 0.6 is 0 Å². The number of halogens is 1. The maximum absolute atomic E-state index is 15.1. The third kappa shape index (κ3) is 6.38. The first-order valence-corrected chi connectivity index (χ1v) is 12.4. The van der Waals surface area contributed by atoms with Crippen molar-refractivity contribution in [3.05, 3.63) is 33.9 Å². The number of fused-ring (bicyclic) bond motifs is 1. The molecule has 36 heavy (non-hydrogen) atoms. The van der Waals surface area contributed by atoms with Crippen molar-refractivity contribution in [1.82, 2.24) is 14.9 Å². The van der Waals surface area contributed by atoms with E-state index in [4.69, 9.17) is 5.11 Å². The fourth-order valence-electron chi connectivity index (χ4n) is 4.60. The standard InChI is InChI=1S/C25H33FN4O6/c1-3-7-14(2)30-13-17(24(34)28-19(25(35)36)10-11-20(31)32)21(33)16-12-18(26)22(29-23(16)30)27-15-8-5-4-6-9-15/h12-15,19H,3-11H2,1-2H3,(H,27,29)(H,28,34)(H,31,32)(H,35,36). The topological polar surface area (TPSA) is 151 Å². The number of amides is 1. The lowest BCUT2D eigenvalue weighted by Gasteiger charge is -2.24. The molecule has 2 unspecified atom stereocenters. The molecule has 1 aliphatic carbocycles. The number of nitrogens with zero attached hydrogens (tertiary/aromatic N) is 2. The molecule has 0 bridgehead atoms. The van der Waals surface area contributed by atoms with Crippen LogP contribution in [0, 0.1) is 5.82 Å². The summed E-state index contributed by atoms with van der Waals surface area (Å²) in [7, 11) is 0. The molecule has 0 saturated heterocycles. The number of anilines is 1. The Hall–Kier alpha value is -3.50. The van der Waals surface area contributed by atoms with Gasteiger partial charge in [-0.25, -0.2) is 14.2 Å². The quantitative estimate of drug-likeness (QED) is 0.362. The van der Waals surface area contributed by atoms with Crippen LogP contribution in [-0.2, 0) is 9.59 Å². The maximum atomic E-state index is 15.1. The number of carboxylic acids is 2. The summed E-state index contributed by atoms with van der Waals surface area (Å²) >= 11 is 0. The minimum Gasteiger partial charge on any atom is -0.481 e. The van der Waals surface area contributed by atoms with Crippen LogP contribution < -0.4 is 16.1 Å². The van der Waals surface area contributed by atoms with Gasteiger partial charge < -0.3 is 25.4 Å². The van der Waals surface area contributed by atoms with E-state index < -0.39 is 41.6 Å². The average Bonchev–Trinajstić information content (AvgIpc) is 2.83. The highest BCUT2D eigenvalue weighted by Gasteiger charge is 2.26. The molecule has 3 rings (SSSR count). The molecule has 0 radical (unpaired) electrons. The van der Waals surface area contributed by atoms with Crippen LogP contribution in [0.3, 0.4) is 0 Å². The van der Waals surface area contributed by atoms with Gasteiger partial charge in [-0.15, -0.1) is 0 Å². The molecule has 0 aliphatic heterocycles. The van der Waals surface area contributed by atoms with Crippen molar-refractivity contribution in [3.63, 3.8) is 0 Å². The predicted octanol–water partition coefficient (Wildman–Crippen LogP) is 3.69. The number of pyridine rings is 2. The minimum atomic E-state index is -1.50. The van der Waals surface area contributed by atoms with Gasteiger partial charge in [0.05, 0.1) is 5.39 Å². The van der Waals surface area contributed by atoms with E-state index in [0.29, 0.717) is 6.42 Å². The van der Waals surface area contributed by atoms with Gasteiger partial charge in [0, 0.05) is 24.7 Å². The molecule has 0 aromatic carbocycles. The fourth-order valence-corrected chi connectivity index (χ4v) is 4.60. The highest BCUT2D eigenvalue weighted by Crippen LogP contribution is 2.26. The van der Waals surface area contributed by atoms with E-state index in [-0.39, 0.29) is 40.9 Å². The summed E-state index contributed by atoms with van der Waals surface area (Å²) in [5.41, 5.74) is -0.903. The highest BCUT2D eigenvalue weighted by molar-refractivity contribution is 5.99. The van der Waals surface area contributed by atoms with Gasteiger partial charge in [-0.3, -0.25) is 14.4 Å². The monoisotopic (exact) mass is 504 g/mol. The summed E-state index contributed by atoms with van der Waals surface area (Å²) in [6, 6.07) is -0.522. The first-order valence-electron chi connectivity index (χ1n) is 12.4. The second kappa shape index (κ2) is 12.0. The Morgan fingerprint density at radius 1 is 1.19 bits per heavy atom. The Balaban J connectivity index is 2.05. The predicted molar refractivity (Wildman–Crippen MR) is 132 cm³/mol. The normalized spacial score (nSPS) is 15.9. The summed E-state index contributed by atoms with van der Waals surface area (Å²) < 4.78 is 16.7. The van der Waals surface area contributed by atoms with Crippen LogP contribution in [0.5, 0.6) is 0 Å². The molecule has 1 aliphatic rings. The van der Waals surface area contributed by atoms with Crippen LogP contribution in [0.4, 0.5) is 10.2 Å². The van der Waals surface area contributed by atoms with E-state index in [1.54, 1.807) is 4.57 Å². The van der Waals surface area contributed by atoms with Crippen LogP contribution in [0.1, 0.15) is 88.0 Å². The second-order valence-electron chi connectivity index (χ2n) is 9.38. The maximum Gasteiger partial charge on any atom is 0.326 e. The number of carbonyl (C=O) groups is 3. The van der Waals surface area contributed by atoms with Gasteiger partial charge in [0.15, 0.2) is 11.6 Å². The number of aliphatic carboxylic acids is 2. The van der Waals surface area contributed by atoms with Gasteiger partial charge in [0.25, 0.3) is 5.91 Å². The van der Waals surface area contributed by atoms with Crippen LogP contribution in [-0.4, -0.2) is 49.7 Å². The van der Waals surface area contributed by atoms with Crippen LogP contribution in [0.2, 0.25) is 0 Å². The van der Waals surface area contributed by atoms with Gasteiger partial charge in [-0.05, 0) is 38.7 Å². The number of hydrogen-bond acceptors (Lipinski definition) is 6. The molecule has 1 amide bonds. The van der Waals surface area contributed by atoms with E-state index >= 15 is 4.39 Å². The summed E-state index contributed by atoms with van der Waals surface area (Å²) in [4.78, 5) is 53.0. The zero-order valence-electron chi connectivity index (χ0n) is 20.6. The van der Waals surface area contributed by atoms with Crippen molar-refractivity contribution in [3.8, 4) is 0 Å². The summed E-state index contributed by atoms with van der Waals surface area (Å²) in [5, 5.41) is 23.5. The fraction of sp³-hybridized carbons (Fsp3) is 0.560. The molecule has 196 valence electrons.